The van der Waals surface area contributed by atoms with Crippen molar-refractivity contribution in [2.24, 2.45) is 0 Å². The third kappa shape index (κ3) is 3.20. The fourth-order valence-corrected chi connectivity index (χ4v) is 1.59. The molecule has 0 saturated heterocycles. The fourth-order valence-electron chi connectivity index (χ4n) is 0.735. The van der Waals surface area contributed by atoms with Crippen LogP contribution in [-0.2, 0) is 0 Å². The van der Waals surface area contributed by atoms with Crippen molar-refractivity contribution < 1.29 is 4.92 Å². The molecule has 13 heavy (non-hydrogen) atoms. The van der Waals surface area contributed by atoms with Gasteiger partial charge in [0.1, 0.15) is 5.03 Å². The number of hydrogen-bond donors (Lipinski definition) is 0. The highest BCUT2D eigenvalue weighted by molar-refractivity contribution is 7.99. The Bertz CT molecular complexity index is 308. The minimum atomic E-state index is -0.438. The molecule has 0 aliphatic heterocycles. The van der Waals surface area contributed by atoms with Crippen LogP contribution in [0.25, 0.3) is 0 Å². The normalized spacial score (nSPS) is 9.92. The zero-order valence-electron chi connectivity index (χ0n) is 6.64. The summed E-state index contributed by atoms with van der Waals surface area (Å²) >= 11 is 6.88. The first-order valence-electron chi connectivity index (χ1n) is 3.53. The highest BCUT2D eigenvalue weighted by Gasteiger charge is 2.06. The highest BCUT2D eigenvalue weighted by Crippen LogP contribution is 2.19. The van der Waals surface area contributed by atoms with Crippen LogP contribution in [0.4, 0.5) is 5.69 Å². The van der Waals surface area contributed by atoms with Crippen molar-refractivity contribution >= 4 is 29.1 Å². The van der Waals surface area contributed by atoms with E-state index in [0.29, 0.717) is 16.7 Å². The standard InChI is InChI=1S/C7H7ClN2O2S/c8-2-4-13-7-5-6(10(11)12)1-3-9-7/h1,3,5H,2,4H2. The first-order chi connectivity index (χ1) is 6.24. The largest absolute Gasteiger partial charge is 0.273 e. The van der Waals surface area contributed by atoms with E-state index in [1.54, 1.807) is 0 Å². The van der Waals surface area contributed by atoms with Gasteiger partial charge in [-0.3, -0.25) is 10.1 Å². The maximum absolute atomic E-state index is 10.4. The second kappa shape index (κ2) is 5.04. The predicted octanol–water partition coefficient (Wildman–Crippen LogP) is 2.32. The molecule has 0 fully saturated rings. The lowest BCUT2D eigenvalue weighted by Gasteiger charge is -1.96. The molecule has 1 aromatic heterocycles. The van der Waals surface area contributed by atoms with Crippen molar-refractivity contribution in [3.63, 3.8) is 0 Å². The summed E-state index contributed by atoms with van der Waals surface area (Å²) in [4.78, 5) is 13.9. The van der Waals surface area contributed by atoms with Crippen LogP contribution in [0, 0.1) is 10.1 Å². The van der Waals surface area contributed by atoms with Gasteiger partial charge < -0.3 is 0 Å². The van der Waals surface area contributed by atoms with Crippen LogP contribution in [0.1, 0.15) is 0 Å². The number of pyridine rings is 1. The summed E-state index contributed by atoms with van der Waals surface area (Å²) in [5, 5.41) is 11.0. The van der Waals surface area contributed by atoms with E-state index in [2.05, 4.69) is 4.98 Å². The summed E-state index contributed by atoms with van der Waals surface area (Å²) in [5.41, 5.74) is 0.0621. The van der Waals surface area contributed by atoms with Gasteiger partial charge >= 0.3 is 0 Å². The molecule has 0 bridgehead atoms. The number of thioether (sulfide) groups is 1. The lowest BCUT2D eigenvalue weighted by atomic mass is 10.4. The maximum atomic E-state index is 10.4. The zero-order chi connectivity index (χ0) is 9.68. The molecule has 0 spiro atoms. The summed E-state index contributed by atoms with van der Waals surface area (Å²) in [6.45, 7) is 0. The number of halogens is 1. The van der Waals surface area contributed by atoms with E-state index in [0.717, 1.165) is 0 Å². The Balaban J connectivity index is 2.73. The van der Waals surface area contributed by atoms with Crippen molar-refractivity contribution in [3.05, 3.63) is 28.4 Å². The molecule has 1 aromatic rings. The van der Waals surface area contributed by atoms with E-state index in [-0.39, 0.29) is 5.69 Å². The Morgan fingerprint density at radius 2 is 2.46 bits per heavy atom. The average molecular weight is 219 g/mol. The molecular weight excluding hydrogens is 212 g/mol. The first kappa shape index (κ1) is 10.3. The maximum Gasteiger partial charge on any atom is 0.273 e. The van der Waals surface area contributed by atoms with E-state index in [1.807, 2.05) is 0 Å². The molecule has 0 atom stereocenters. The summed E-state index contributed by atoms with van der Waals surface area (Å²) in [5.74, 6) is 1.21. The number of nitro groups is 1. The molecule has 0 radical (unpaired) electrons. The Kier molecular flexibility index (Phi) is 3.98. The lowest BCUT2D eigenvalue weighted by molar-refractivity contribution is -0.385. The zero-order valence-corrected chi connectivity index (χ0v) is 8.22. The molecule has 1 rings (SSSR count). The third-order valence-corrected chi connectivity index (χ3v) is 2.60. The number of rotatable bonds is 4. The lowest BCUT2D eigenvalue weighted by Crippen LogP contribution is -1.90. The Morgan fingerprint density at radius 1 is 1.69 bits per heavy atom. The smallest absolute Gasteiger partial charge is 0.258 e. The van der Waals surface area contributed by atoms with E-state index in [1.165, 1.54) is 30.1 Å². The topological polar surface area (TPSA) is 56.0 Å². The van der Waals surface area contributed by atoms with Crippen LogP contribution in [0.5, 0.6) is 0 Å². The minimum absolute atomic E-state index is 0.0621. The van der Waals surface area contributed by atoms with Crippen LogP contribution >= 0.6 is 23.4 Å². The van der Waals surface area contributed by atoms with Crippen LogP contribution in [0.3, 0.4) is 0 Å². The molecule has 6 heteroatoms. The van der Waals surface area contributed by atoms with Crippen molar-refractivity contribution in [1.29, 1.82) is 0 Å². The molecule has 0 aromatic carbocycles. The minimum Gasteiger partial charge on any atom is -0.258 e. The third-order valence-electron chi connectivity index (χ3n) is 1.26. The summed E-state index contributed by atoms with van der Waals surface area (Å²) in [6.07, 6.45) is 1.43. The second-order valence-corrected chi connectivity index (χ2v) is 3.64. The molecule has 0 N–H and O–H groups in total. The molecule has 0 aliphatic rings. The van der Waals surface area contributed by atoms with Gasteiger partial charge in [-0.1, -0.05) is 0 Å². The molecule has 0 saturated carbocycles. The highest BCUT2D eigenvalue weighted by atomic mass is 35.5. The van der Waals surface area contributed by atoms with Gasteiger partial charge in [0, 0.05) is 30.0 Å². The van der Waals surface area contributed by atoms with Gasteiger partial charge in [0.05, 0.1) is 4.92 Å². The van der Waals surface area contributed by atoms with Crippen molar-refractivity contribution in [1.82, 2.24) is 4.98 Å². The van der Waals surface area contributed by atoms with Crippen molar-refractivity contribution in [2.75, 3.05) is 11.6 Å². The van der Waals surface area contributed by atoms with Gasteiger partial charge in [-0.15, -0.1) is 23.4 Å². The van der Waals surface area contributed by atoms with Gasteiger partial charge in [-0.05, 0) is 0 Å². The molecular formula is C7H7ClN2O2S. The van der Waals surface area contributed by atoms with Gasteiger partial charge in [0.25, 0.3) is 5.69 Å². The Morgan fingerprint density at radius 3 is 3.08 bits per heavy atom. The van der Waals surface area contributed by atoms with Crippen LogP contribution in [-0.4, -0.2) is 21.5 Å². The number of alkyl halides is 1. The SMILES string of the molecule is O=[N+]([O-])c1ccnc(SCCCl)c1. The molecule has 0 unspecified atom stereocenters. The number of aromatic nitrogens is 1. The Labute approximate surface area is 84.5 Å². The van der Waals surface area contributed by atoms with E-state index in [9.17, 15) is 10.1 Å². The summed E-state index contributed by atoms with van der Waals surface area (Å²) in [7, 11) is 0. The fraction of sp³-hybridized carbons (Fsp3) is 0.286. The van der Waals surface area contributed by atoms with Gasteiger partial charge in [-0.25, -0.2) is 4.98 Å². The molecule has 0 amide bonds. The van der Waals surface area contributed by atoms with Crippen molar-refractivity contribution in [3.8, 4) is 0 Å². The molecule has 4 nitrogen and oxygen atoms in total. The van der Waals surface area contributed by atoms with Crippen molar-refractivity contribution in [2.45, 2.75) is 5.03 Å². The second-order valence-electron chi connectivity index (χ2n) is 2.15. The average Bonchev–Trinajstić information content (AvgIpc) is 2.15. The predicted molar refractivity (Wildman–Crippen MR) is 52.3 cm³/mol. The van der Waals surface area contributed by atoms with Gasteiger partial charge in [0.2, 0.25) is 0 Å². The Hall–Kier alpha value is -0.810. The van der Waals surface area contributed by atoms with E-state index >= 15 is 0 Å². The van der Waals surface area contributed by atoms with Crippen LogP contribution in [0.15, 0.2) is 23.4 Å². The van der Waals surface area contributed by atoms with E-state index in [4.69, 9.17) is 11.6 Å². The number of hydrogen-bond acceptors (Lipinski definition) is 4. The van der Waals surface area contributed by atoms with Crippen LogP contribution in [0.2, 0.25) is 0 Å². The number of nitrogens with zero attached hydrogens (tertiary/aromatic N) is 2. The summed E-state index contributed by atoms with van der Waals surface area (Å²) < 4.78 is 0. The first-order valence-corrected chi connectivity index (χ1v) is 5.05. The molecule has 70 valence electrons. The monoisotopic (exact) mass is 218 g/mol. The van der Waals surface area contributed by atoms with Crippen LogP contribution < -0.4 is 0 Å². The summed E-state index contributed by atoms with van der Waals surface area (Å²) in [6, 6.07) is 2.81. The quantitative estimate of drug-likeness (QED) is 0.337. The van der Waals surface area contributed by atoms with Gasteiger partial charge in [0.15, 0.2) is 0 Å². The molecule has 0 aliphatic carbocycles. The molecule has 1 heterocycles. The van der Waals surface area contributed by atoms with Gasteiger partial charge in [-0.2, -0.15) is 0 Å². The van der Waals surface area contributed by atoms with E-state index < -0.39 is 4.92 Å².